The van der Waals surface area contributed by atoms with Crippen molar-refractivity contribution in [2.24, 2.45) is 0 Å². The molecule has 1 N–H and O–H groups in total. The summed E-state index contributed by atoms with van der Waals surface area (Å²) in [7, 11) is 1.38. The van der Waals surface area contributed by atoms with Crippen molar-refractivity contribution in [2.75, 3.05) is 48.4 Å². The van der Waals surface area contributed by atoms with E-state index in [4.69, 9.17) is 9.72 Å². The Bertz CT molecular complexity index is 819. The lowest BCUT2D eigenvalue weighted by Crippen LogP contribution is -2.39. The van der Waals surface area contributed by atoms with Gasteiger partial charge in [-0.3, -0.25) is 0 Å². The Morgan fingerprint density at radius 2 is 1.90 bits per heavy atom. The highest BCUT2D eigenvalue weighted by Crippen LogP contribution is 2.23. The maximum Gasteiger partial charge on any atom is 0.356 e. The van der Waals surface area contributed by atoms with E-state index in [1.807, 2.05) is 6.07 Å². The summed E-state index contributed by atoms with van der Waals surface area (Å²) in [5.74, 6) is 1.81. The van der Waals surface area contributed by atoms with E-state index < -0.39 is 5.97 Å². The Morgan fingerprint density at radius 3 is 2.59 bits per heavy atom. The van der Waals surface area contributed by atoms with Gasteiger partial charge in [-0.2, -0.15) is 4.98 Å². The second kappa shape index (κ2) is 9.02. The van der Waals surface area contributed by atoms with Crippen molar-refractivity contribution in [1.82, 2.24) is 19.9 Å². The quantitative estimate of drug-likeness (QED) is 0.761. The smallest absolute Gasteiger partial charge is 0.356 e. The first kappa shape index (κ1) is 19.4. The average molecular weight is 397 g/mol. The molecule has 0 bridgehead atoms. The molecule has 0 saturated carbocycles. The number of carbonyl (C=O) groups excluding carboxylic acids is 1. The fourth-order valence-corrected chi connectivity index (χ4v) is 3.89. The molecule has 2 aromatic heterocycles. The SMILES string of the molecule is COC(=O)c1cc(NC2CCN(c3ccncn3)CC2)nc(N2CCCCC2)n1. The molecule has 9 heteroatoms. The Labute approximate surface area is 170 Å². The summed E-state index contributed by atoms with van der Waals surface area (Å²) in [6, 6.07) is 3.91. The lowest BCUT2D eigenvalue weighted by Gasteiger charge is -2.33. The molecule has 2 aliphatic rings. The predicted molar refractivity (Wildman–Crippen MR) is 110 cm³/mol. The maximum absolute atomic E-state index is 12.1. The van der Waals surface area contributed by atoms with Gasteiger partial charge in [-0.15, -0.1) is 0 Å². The number of hydrogen-bond acceptors (Lipinski definition) is 9. The highest BCUT2D eigenvalue weighted by molar-refractivity contribution is 5.88. The van der Waals surface area contributed by atoms with E-state index in [9.17, 15) is 4.79 Å². The van der Waals surface area contributed by atoms with Gasteiger partial charge in [0.05, 0.1) is 7.11 Å². The summed E-state index contributed by atoms with van der Waals surface area (Å²) < 4.78 is 4.89. The standard InChI is InChI=1S/C20H27N7O2/c1-29-19(28)16-13-17(25-20(24-16)27-9-3-2-4-10-27)23-15-6-11-26(12-7-15)18-5-8-21-14-22-18/h5,8,13-15H,2-4,6-7,9-12H2,1H3,(H,23,24,25). The number of ether oxygens (including phenoxy) is 1. The molecule has 2 fully saturated rings. The summed E-state index contributed by atoms with van der Waals surface area (Å²) in [6.45, 7) is 3.65. The zero-order valence-corrected chi connectivity index (χ0v) is 16.8. The molecule has 29 heavy (non-hydrogen) atoms. The minimum Gasteiger partial charge on any atom is -0.464 e. The number of nitrogens with one attached hydrogen (secondary N) is 1. The van der Waals surface area contributed by atoms with E-state index in [1.165, 1.54) is 13.5 Å². The van der Waals surface area contributed by atoms with Crippen LogP contribution in [0.2, 0.25) is 0 Å². The minimum atomic E-state index is -0.438. The monoisotopic (exact) mass is 397 g/mol. The fourth-order valence-electron chi connectivity index (χ4n) is 3.89. The Kier molecular flexibility index (Phi) is 6.02. The molecule has 4 heterocycles. The third kappa shape index (κ3) is 4.72. The van der Waals surface area contributed by atoms with E-state index in [-0.39, 0.29) is 6.04 Å². The van der Waals surface area contributed by atoms with Gasteiger partial charge in [0, 0.05) is 44.5 Å². The third-order valence-electron chi connectivity index (χ3n) is 5.49. The molecular weight excluding hydrogens is 370 g/mol. The molecule has 2 aliphatic heterocycles. The van der Waals surface area contributed by atoms with Gasteiger partial charge in [-0.25, -0.2) is 19.7 Å². The van der Waals surface area contributed by atoms with E-state index >= 15 is 0 Å². The molecule has 0 unspecified atom stereocenters. The topological polar surface area (TPSA) is 96.4 Å². The number of aromatic nitrogens is 4. The summed E-state index contributed by atoms with van der Waals surface area (Å²) >= 11 is 0. The Balaban J connectivity index is 1.45. The van der Waals surface area contributed by atoms with Gasteiger partial charge in [0.15, 0.2) is 5.69 Å². The molecule has 4 rings (SSSR count). The van der Waals surface area contributed by atoms with E-state index in [2.05, 4.69) is 30.1 Å². The van der Waals surface area contributed by atoms with Gasteiger partial charge < -0.3 is 19.9 Å². The molecule has 2 saturated heterocycles. The number of piperidine rings is 2. The second-order valence-corrected chi connectivity index (χ2v) is 7.45. The predicted octanol–water partition coefficient (Wildman–Crippen LogP) is 2.12. The van der Waals surface area contributed by atoms with Crippen LogP contribution in [0.3, 0.4) is 0 Å². The zero-order chi connectivity index (χ0) is 20.1. The summed E-state index contributed by atoms with van der Waals surface area (Å²) in [5, 5.41) is 3.51. The number of esters is 1. The van der Waals surface area contributed by atoms with Crippen LogP contribution in [0.4, 0.5) is 17.6 Å². The number of carbonyl (C=O) groups is 1. The van der Waals surface area contributed by atoms with Crippen molar-refractivity contribution in [2.45, 2.75) is 38.1 Å². The first-order chi connectivity index (χ1) is 14.2. The molecule has 0 radical (unpaired) electrons. The normalized spacial score (nSPS) is 17.8. The van der Waals surface area contributed by atoms with Crippen LogP contribution in [0.15, 0.2) is 24.7 Å². The summed E-state index contributed by atoms with van der Waals surface area (Å²) in [6.07, 6.45) is 8.73. The van der Waals surface area contributed by atoms with Crippen molar-refractivity contribution >= 4 is 23.6 Å². The maximum atomic E-state index is 12.1. The first-order valence-corrected chi connectivity index (χ1v) is 10.2. The number of hydrogen-bond donors (Lipinski definition) is 1. The number of rotatable bonds is 5. The van der Waals surface area contributed by atoms with Gasteiger partial charge in [-0.05, 0) is 38.2 Å². The van der Waals surface area contributed by atoms with Crippen molar-refractivity contribution in [3.05, 3.63) is 30.4 Å². The molecule has 2 aromatic rings. The van der Waals surface area contributed by atoms with Crippen LogP contribution >= 0.6 is 0 Å². The fraction of sp³-hybridized carbons (Fsp3) is 0.550. The van der Waals surface area contributed by atoms with Gasteiger partial charge in [0.1, 0.15) is 18.0 Å². The molecule has 0 spiro atoms. The Morgan fingerprint density at radius 1 is 1.10 bits per heavy atom. The van der Waals surface area contributed by atoms with Gasteiger partial charge in [0.25, 0.3) is 0 Å². The van der Waals surface area contributed by atoms with E-state index in [1.54, 1.807) is 18.6 Å². The molecule has 0 aliphatic carbocycles. The van der Waals surface area contributed by atoms with Crippen molar-refractivity contribution in [3.8, 4) is 0 Å². The van der Waals surface area contributed by atoms with Crippen molar-refractivity contribution < 1.29 is 9.53 Å². The van der Waals surface area contributed by atoms with Crippen LogP contribution in [0.5, 0.6) is 0 Å². The number of methoxy groups -OCH3 is 1. The third-order valence-corrected chi connectivity index (χ3v) is 5.49. The Hall–Kier alpha value is -2.97. The van der Waals surface area contributed by atoms with Gasteiger partial charge >= 0.3 is 5.97 Å². The highest BCUT2D eigenvalue weighted by Gasteiger charge is 2.23. The lowest BCUT2D eigenvalue weighted by atomic mass is 10.1. The van der Waals surface area contributed by atoms with Crippen LogP contribution in [-0.2, 0) is 4.74 Å². The number of nitrogens with zero attached hydrogens (tertiary/aromatic N) is 6. The lowest BCUT2D eigenvalue weighted by molar-refractivity contribution is 0.0594. The van der Waals surface area contributed by atoms with Crippen LogP contribution in [0.1, 0.15) is 42.6 Å². The first-order valence-electron chi connectivity index (χ1n) is 10.2. The number of anilines is 3. The molecule has 0 atom stereocenters. The van der Waals surface area contributed by atoms with E-state index in [0.717, 1.165) is 57.7 Å². The average Bonchev–Trinajstić information content (AvgIpc) is 2.80. The van der Waals surface area contributed by atoms with E-state index in [0.29, 0.717) is 17.5 Å². The molecule has 0 aromatic carbocycles. The minimum absolute atomic E-state index is 0.280. The van der Waals surface area contributed by atoms with Crippen LogP contribution in [0, 0.1) is 0 Å². The van der Waals surface area contributed by atoms with Gasteiger partial charge in [-0.1, -0.05) is 0 Å². The highest BCUT2D eigenvalue weighted by atomic mass is 16.5. The molecular formula is C20H27N7O2. The van der Waals surface area contributed by atoms with Crippen molar-refractivity contribution in [3.63, 3.8) is 0 Å². The largest absolute Gasteiger partial charge is 0.464 e. The van der Waals surface area contributed by atoms with Crippen LogP contribution < -0.4 is 15.1 Å². The summed E-state index contributed by atoms with van der Waals surface area (Å²) in [5.41, 5.74) is 0.295. The zero-order valence-electron chi connectivity index (χ0n) is 16.8. The molecule has 154 valence electrons. The van der Waals surface area contributed by atoms with Crippen molar-refractivity contribution in [1.29, 1.82) is 0 Å². The van der Waals surface area contributed by atoms with Crippen LogP contribution in [-0.4, -0.2) is 65.2 Å². The van der Waals surface area contributed by atoms with Gasteiger partial charge in [0.2, 0.25) is 5.95 Å². The summed E-state index contributed by atoms with van der Waals surface area (Å²) in [4.78, 5) is 34.0. The molecule has 0 amide bonds. The van der Waals surface area contributed by atoms with Crippen LogP contribution in [0.25, 0.3) is 0 Å². The molecule has 9 nitrogen and oxygen atoms in total. The second-order valence-electron chi connectivity index (χ2n) is 7.45.